The second-order valence-corrected chi connectivity index (χ2v) is 5.03. The van der Waals surface area contributed by atoms with Gasteiger partial charge in [-0.05, 0) is 43.2 Å². The number of carbonyl (C=O) groups is 1. The summed E-state index contributed by atoms with van der Waals surface area (Å²) in [6, 6.07) is 14.1. The molecule has 1 atom stereocenters. The van der Waals surface area contributed by atoms with Gasteiger partial charge in [-0.2, -0.15) is 0 Å². The minimum absolute atomic E-state index is 0.0654. The van der Waals surface area contributed by atoms with Gasteiger partial charge in [-0.15, -0.1) is 0 Å². The molecule has 0 saturated heterocycles. The molecule has 0 aliphatic heterocycles. The Bertz CT molecular complexity index is 605. The largest absolute Gasteiger partial charge is 0.481 e. The molecule has 0 aliphatic rings. The first-order chi connectivity index (χ1) is 10.2. The van der Waals surface area contributed by atoms with Crippen molar-refractivity contribution in [2.24, 2.45) is 0 Å². The second-order valence-electron chi connectivity index (χ2n) is 5.03. The highest BCUT2D eigenvalue weighted by atomic mass is 16.5. The monoisotopic (exact) mass is 285 g/mol. The van der Waals surface area contributed by atoms with E-state index in [1.165, 1.54) is 5.39 Å². The Hall–Kier alpha value is -2.03. The summed E-state index contributed by atoms with van der Waals surface area (Å²) in [7, 11) is 0. The van der Waals surface area contributed by atoms with E-state index in [1.807, 2.05) is 56.0 Å². The zero-order valence-electron chi connectivity index (χ0n) is 13.0. The summed E-state index contributed by atoms with van der Waals surface area (Å²) in [6.07, 6.45) is 0.258. The summed E-state index contributed by atoms with van der Waals surface area (Å²) in [5.41, 5.74) is 0. The van der Waals surface area contributed by atoms with Crippen molar-refractivity contribution in [3.05, 3.63) is 42.5 Å². The number of hydrogen-bond acceptors (Lipinski definition) is 2. The molecule has 3 nitrogen and oxygen atoms in total. The van der Waals surface area contributed by atoms with Crippen molar-refractivity contribution in [1.82, 2.24) is 4.90 Å². The maximum Gasteiger partial charge on any atom is 0.263 e. The van der Waals surface area contributed by atoms with Crippen molar-refractivity contribution >= 4 is 16.7 Å². The highest BCUT2D eigenvalue weighted by Gasteiger charge is 2.22. The molecule has 0 fully saturated rings. The lowest BCUT2D eigenvalue weighted by atomic mass is 10.1. The van der Waals surface area contributed by atoms with Crippen LogP contribution in [0.5, 0.6) is 5.75 Å². The number of amides is 1. The average molecular weight is 285 g/mol. The maximum atomic E-state index is 12.4. The summed E-state index contributed by atoms with van der Waals surface area (Å²) in [6.45, 7) is 7.39. The number of hydrogen-bond donors (Lipinski definition) is 0. The van der Waals surface area contributed by atoms with Crippen molar-refractivity contribution in [1.29, 1.82) is 0 Å². The normalized spacial score (nSPS) is 12.1. The smallest absolute Gasteiger partial charge is 0.263 e. The molecule has 0 spiro atoms. The Morgan fingerprint density at radius 1 is 1.05 bits per heavy atom. The number of ether oxygens (including phenoxy) is 1. The predicted molar refractivity (Wildman–Crippen MR) is 86.6 cm³/mol. The van der Waals surface area contributed by atoms with E-state index < -0.39 is 6.10 Å². The molecule has 3 heteroatoms. The maximum absolute atomic E-state index is 12.4. The van der Waals surface area contributed by atoms with Gasteiger partial charge in [-0.3, -0.25) is 4.79 Å². The minimum atomic E-state index is -0.411. The molecule has 0 heterocycles. The van der Waals surface area contributed by atoms with Crippen molar-refractivity contribution in [3.8, 4) is 5.75 Å². The Morgan fingerprint density at radius 3 is 2.33 bits per heavy atom. The lowest BCUT2D eigenvalue weighted by Crippen LogP contribution is -2.41. The Morgan fingerprint density at radius 2 is 1.71 bits per heavy atom. The van der Waals surface area contributed by atoms with E-state index in [0.717, 1.165) is 11.1 Å². The molecule has 112 valence electrons. The van der Waals surface area contributed by atoms with Crippen LogP contribution in [0.2, 0.25) is 0 Å². The molecule has 1 amide bonds. The van der Waals surface area contributed by atoms with Crippen LogP contribution >= 0.6 is 0 Å². The first-order valence-electron chi connectivity index (χ1n) is 7.63. The van der Waals surface area contributed by atoms with E-state index in [0.29, 0.717) is 19.5 Å². The molecule has 2 aromatic carbocycles. The summed E-state index contributed by atoms with van der Waals surface area (Å²) in [5.74, 6) is 0.816. The van der Waals surface area contributed by atoms with Gasteiger partial charge >= 0.3 is 0 Å². The van der Waals surface area contributed by atoms with Crippen molar-refractivity contribution in [2.45, 2.75) is 33.3 Å². The third kappa shape index (κ3) is 3.54. The third-order valence-electron chi connectivity index (χ3n) is 3.72. The van der Waals surface area contributed by atoms with Gasteiger partial charge in [0.2, 0.25) is 0 Å². The molecule has 0 N–H and O–H groups in total. The molecule has 21 heavy (non-hydrogen) atoms. The molecule has 0 aromatic heterocycles. The Balaban J connectivity index is 2.18. The van der Waals surface area contributed by atoms with Crippen LogP contribution in [-0.4, -0.2) is 30.0 Å². The molecule has 2 rings (SSSR count). The topological polar surface area (TPSA) is 29.5 Å². The number of benzene rings is 2. The van der Waals surface area contributed by atoms with Crippen molar-refractivity contribution in [2.75, 3.05) is 13.1 Å². The van der Waals surface area contributed by atoms with Crippen LogP contribution in [0, 0.1) is 0 Å². The van der Waals surface area contributed by atoms with Crippen LogP contribution in [0.3, 0.4) is 0 Å². The van der Waals surface area contributed by atoms with Crippen molar-refractivity contribution < 1.29 is 9.53 Å². The van der Waals surface area contributed by atoms with Gasteiger partial charge in [0, 0.05) is 13.1 Å². The number of nitrogens with zero attached hydrogens (tertiary/aromatic N) is 1. The molecule has 0 saturated carbocycles. The highest BCUT2D eigenvalue weighted by Crippen LogP contribution is 2.22. The van der Waals surface area contributed by atoms with E-state index in [4.69, 9.17) is 4.74 Å². The lowest BCUT2D eigenvalue weighted by molar-refractivity contribution is -0.138. The standard InChI is InChI=1S/C18H23NO2/c1-4-17(18(20)19(5-2)6-3)21-16-12-11-14-9-7-8-10-15(14)13-16/h7-13,17H,4-6H2,1-3H3/t17-/m1/s1. The SMILES string of the molecule is CC[C@@H](Oc1ccc2ccccc2c1)C(=O)N(CC)CC. The summed E-state index contributed by atoms with van der Waals surface area (Å²) < 4.78 is 5.93. The highest BCUT2D eigenvalue weighted by molar-refractivity contribution is 5.84. The fraction of sp³-hybridized carbons (Fsp3) is 0.389. The van der Waals surface area contributed by atoms with Crippen LogP contribution in [0.15, 0.2) is 42.5 Å². The van der Waals surface area contributed by atoms with Gasteiger partial charge in [0.05, 0.1) is 0 Å². The third-order valence-corrected chi connectivity index (χ3v) is 3.72. The fourth-order valence-corrected chi connectivity index (χ4v) is 2.45. The van der Waals surface area contributed by atoms with E-state index in [2.05, 4.69) is 12.1 Å². The molecular weight excluding hydrogens is 262 g/mol. The number of fused-ring (bicyclic) bond motifs is 1. The average Bonchev–Trinajstić information content (AvgIpc) is 2.53. The molecular formula is C18H23NO2. The van der Waals surface area contributed by atoms with E-state index in [1.54, 1.807) is 0 Å². The van der Waals surface area contributed by atoms with Gasteiger partial charge in [0.25, 0.3) is 5.91 Å². The zero-order chi connectivity index (χ0) is 15.2. The molecule has 0 unspecified atom stereocenters. The fourth-order valence-electron chi connectivity index (χ4n) is 2.45. The van der Waals surface area contributed by atoms with Crippen LogP contribution in [0.25, 0.3) is 10.8 Å². The first kappa shape index (κ1) is 15.4. The van der Waals surface area contributed by atoms with Gasteiger partial charge in [-0.1, -0.05) is 37.3 Å². The quantitative estimate of drug-likeness (QED) is 0.806. The molecule has 0 bridgehead atoms. The molecule has 0 aliphatic carbocycles. The lowest BCUT2D eigenvalue weighted by Gasteiger charge is -2.25. The summed E-state index contributed by atoms with van der Waals surface area (Å²) in [4.78, 5) is 14.2. The van der Waals surface area contributed by atoms with Gasteiger partial charge in [-0.25, -0.2) is 0 Å². The van der Waals surface area contributed by atoms with Gasteiger partial charge in [0.15, 0.2) is 6.10 Å². The van der Waals surface area contributed by atoms with Crippen molar-refractivity contribution in [3.63, 3.8) is 0 Å². The first-order valence-corrected chi connectivity index (χ1v) is 7.63. The Kier molecular flexibility index (Phi) is 5.20. The van der Waals surface area contributed by atoms with Crippen LogP contribution in [0.4, 0.5) is 0 Å². The molecule has 2 aromatic rings. The van der Waals surface area contributed by atoms with E-state index in [9.17, 15) is 4.79 Å². The van der Waals surface area contributed by atoms with Gasteiger partial charge < -0.3 is 9.64 Å². The Labute approximate surface area is 126 Å². The van der Waals surface area contributed by atoms with E-state index in [-0.39, 0.29) is 5.91 Å². The van der Waals surface area contributed by atoms with Crippen LogP contribution < -0.4 is 4.74 Å². The predicted octanol–water partition coefficient (Wildman–Crippen LogP) is 3.87. The van der Waals surface area contributed by atoms with Gasteiger partial charge in [0.1, 0.15) is 5.75 Å². The zero-order valence-corrected chi connectivity index (χ0v) is 13.0. The van der Waals surface area contributed by atoms with Crippen LogP contribution in [0.1, 0.15) is 27.2 Å². The minimum Gasteiger partial charge on any atom is -0.481 e. The number of likely N-dealkylation sites (N-methyl/N-ethyl adjacent to an activating group) is 1. The summed E-state index contributed by atoms with van der Waals surface area (Å²) in [5, 5.41) is 2.30. The number of rotatable bonds is 6. The number of carbonyl (C=O) groups excluding carboxylic acids is 1. The summed E-state index contributed by atoms with van der Waals surface area (Å²) >= 11 is 0. The second kappa shape index (κ2) is 7.11. The van der Waals surface area contributed by atoms with E-state index >= 15 is 0 Å². The van der Waals surface area contributed by atoms with Crippen LogP contribution in [-0.2, 0) is 4.79 Å². The molecule has 0 radical (unpaired) electrons.